The van der Waals surface area contributed by atoms with Crippen LogP contribution in [0.25, 0.3) is 16.7 Å². The molecule has 0 atom stereocenters. The van der Waals surface area contributed by atoms with E-state index in [1.807, 2.05) is 22.8 Å². The average Bonchev–Trinajstić information content (AvgIpc) is 2.75. The van der Waals surface area contributed by atoms with Gasteiger partial charge < -0.3 is 9.72 Å². The number of imidazole rings is 1. The first kappa shape index (κ1) is 13.3. The summed E-state index contributed by atoms with van der Waals surface area (Å²) in [5.41, 5.74) is 2.47. The lowest BCUT2D eigenvalue weighted by atomic mass is 10.2. The molecule has 0 unspecified atom stereocenters. The second-order valence-electron chi connectivity index (χ2n) is 4.22. The van der Waals surface area contributed by atoms with Crippen LogP contribution in [-0.2, 0) is 0 Å². The number of rotatable bonds is 2. The van der Waals surface area contributed by atoms with E-state index in [9.17, 15) is 4.39 Å². The van der Waals surface area contributed by atoms with Crippen molar-refractivity contribution < 1.29 is 9.13 Å². The van der Waals surface area contributed by atoms with Crippen LogP contribution in [0.5, 0.6) is 5.75 Å². The van der Waals surface area contributed by atoms with Gasteiger partial charge in [0.1, 0.15) is 17.1 Å². The zero-order valence-corrected chi connectivity index (χ0v) is 12.9. The number of ether oxygens (including phenoxy) is 1. The highest BCUT2D eigenvalue weighted by Gasteiger charge is 2.12. The van der Waals surface area contributed by atoms with Crippen LogP contribution in [0.4, 0.5) is 4.39 Å². The molecule has 3 rings (SSSR count). The van der Waals surface area contributed by atoms with E-state index < -0.39 is 0 Å². The van der Waals surface area contributed by atoms with Gasteiger partial charge in [-0.25, -0.2) is 4.39 Å². The van der Waals surface area contributed by atoms with Gasteiger partial charge in [0.25, 0.3) is 0 Å². The quantitative estimate of drug-likeness (QED) is 0.683. The van der Waals surface area contributed by atoms with Gasteiger partial charge in [0, 0.05) is 4.47 Å². The Bertz CT molecular complexity index is 856. The summed E-state index contributed by atoms with van der Waals surface area (Å²) < 4.78 is 21.6. The zero-order chi connectivity index (χ0) is 14.3. The minimum Gasteiger partial charge on any atom is -0.494 e. The lowest BCUT2D eigenvalue weighted by molar-refractivity contribution is 0.419. The molecule has 1 aromatic heterocycles. The van der Waals surface area contributed by atoms with E-state index >= 15 is 0 Å². The van der Waals surface area contributed by atoms with Crippen molar-refractivity contribution in [2.45, 2.75) is 0 Å². The number of halogens is 2. The molecule has 0 saturated carbocycles. The Balaban J connectivity index is 2.37. The molecule has 0 fully saturated rings. The van der Waals surface area contributed by atoms with Crippen LogP contribution in [0.3, 0.4) is 0 Å². The van der Waals surface area contributed by atoms with E-state index in [1.54, 1.807) is 13.2 Å². The van der Waals surface area contributed by atoms with Crippen molar-refractivity contribution in [2.24, 2.45) is 0 Å². The highest BCUT2D eigenvalue weighted by molar-refractivity contribution is 9.10. The minimum atomic E-state index is -0.301. The van der Waals surface area contributed by atoms with E-state index in [0.29, 0.717) is 15.0 Å². The Labute approximate surface area is 128 Å². The van der Waals surface area contributed by atoms with Gasteiger partial charge in [-0.2, -0.15) is 0 Å². The first-order valence-electron chi connectivity index (χ1n) is 5.85. The molecule has 20 heavy (non-hydrogen) atoms. The average molecular weight is 353 g/mol. The van der Waals surface area contributed by atoms with Gasteiger partial charge in [-0.3, -0.25) is 4.57 Å². The third kappa shape index (κ3) is 2.05. The lowest BCUT2D eigenvalue weighted by Gasteiger charge is -2.08. The molecule has 0 aliphatic heterocycles. The van der Waals surface area contributed by atoms with Crippen molar-refractivity contribution in [3.8, 4) is 11.4 Å². The van der Waals surface area contributed by atoms with E-state index in [2.05, 4.69) is 20.9 Å². The van der Waals surface area contributed by atoms with Crippen LogP contribution in [0.2, 0.25) is 0 Å². The lowest BCUT2D eigenvalue weighted by Crippen LogP contribution is -1.96. The van der Waals surface area contributed by atoms with Gasteiger partial charge in [0.05, 0.1) is 18.3 Å². The van der Waals surface area contributed by atoms with Crippen LogP contribution in [0, 0.1) is 10.6 Å². The molecular formula is C14H10BrFN2OS. The SMILES string of the molecule is COc1cccc2c1[nH]c(=S)n2-c1ccc(F)cc1Br. The van der Waals surface area contributed by atoms with E-state index in [-0.39, 0.29) is 5.82 Å². The fraction of sp³-hybridized carbons (Fsp3) is 0.0714. The fourth-order valence-corrected chi connectivity index (χ4v) is 3.00. The first-order valence-corrected chi connectivity index (χ1v) is 7.05. The number of hydrogen-bond donors (Lipinski definition) is 1. The monoisotopic (exact) mass is 352 g/mol. The summed E-state index contributed by atoms with van der Waals surface area (Å²) in [5.74, 6) is 0.412. The minimum absolute atomic E-state index is 0.301. The number of aromatic amines is 1. The van der Waals surface area contributed by atoms with Gasteiger partial charge in [0.15, 0.2) is 4.77 Å². The Kier molecular flexibility index (Phi) is 3.35. The number of methoxy groups -OCH3 is 1. The van der Waals surface area contributed by atoms with Gasteiger partial charge in [-0.15, -0.1) is 0 Å². The Hall–Kier alpha value is -1.66. The van der Waals surface area contributed by atoms with Crippen LogP contribution in [0.1, 0.15) is 0 Å². The number of H-pyrrole nitrogens is 1. The molecular weight excluding hydrogens is 343 g/mol. The molecule has 0 saturated heterocycles. The summed E-state index contributed by atoms with van der Waals surface area (Å²) in [4.78, 5) is 3.13. The van der Waals surface area contributed by atoms with Crippen LogP contribution >= 0.6 is 28.1 Å². The van der Waals surface area contributed by atoms with Crippen molar-refractivity contribution in [3.05, 3.63) is 51.5 Å². The summed E-state index contributed by atoms with van der Waals surface area (Å²) in [6, 6.07) is 10.2. The number of aromatic nitrogens is 2. The summed E-state index contributed by atoms with van der Waals surface area (Å²) >= 11 is 8.74. The largest absolute Gasteiger partial charge is 0.494 e. The maximum Gasteiger partial charge on any atom is 0.182 e. The number of para-hydroxylation sites is 1. The van der Waals surface area contributed by atoms with Crippen LogP contribution in [0.15, 0.2) is 40.9 Å². The molecule has 0 aliphatic carbocycles. The standard InChI is InChI=1S/C14H10BrFN2OS/c1-19-12-4-2-3-11-13(12)17-14(20)18(11)10-6-5-8(16)7-9(10)15/h2-7H,1H3,(H,17,20). The number of nitrogens with zero attached hydrogens (tertiary/aromatic N) is 1. The third-order valence-corrected chi connectivity index (χ3v) is 3.97. The van der Waals surface area contributed by atoms with E-state index in [0.717, 1.165) is 16.7 Å². The highest BCUT2D eigenvalue weighted by Crippen LogP contribution is 2.30. The molecule has 3 nitrogen and oxygen atoms in total. The van der Waals surface area contributed by atoms with E-state index in [1.165, 1.54) is 12.1 Å². The van der Waals surface area contributed by atoms with E-state index in [4.69, 9.17) is 17.0 Å². The van der Waals surface area contributed by atoms with Crippen molar-refractivity contribution >= 4 is 39.2 Å². The Morgan fingerprint density at radius 2 is 2.10 bits per heavy atom. The van der Waals surface area contributed by atoms with Gasteiger partial charge in [-0.05, 0) is 58.5 Å². The second kappa shape index (κ2) is 5.03. The molecule has 1 N–H and O–H groups in total. The molecule has 0 bridgehead atoms. The molecule has 1 heterocycles. The molecule has 2 aromatic carbocycles. The summed E-state index contributed by atoms with van der Waals surface area (Å²) in [6.45, 7) is 0. The summed E-state index contributed by atoms with van der Waals surface area (Å²) in [7, 11) is 1.61. The van der Waals surface area contributed by atoms with Gasteiger partial charge in [-0.1, -0.05) is 6.07 Å². The fourth-order valence-electron chi connectivity index (χ4n) is 2.18. The molecule has 3 aromatic rings. The van der Waals surface area contributed by atoms with Crippen molar-refractivity contribution in [1.82, 2.24) is 9.55 Å². The number of benzene rings is 2. The second-order valence-corrected chi connectivity index (χ2v) is 5.46. The van der Waals surface area contributed by atoms with Crippen LogP contribution in [-0.4, -0.2) is 16.7 Å². The number of nitrogens with one attached hydrogen (secondary N) is 1. The maximum absolute atomic E-state index is 13.2. The number of hydrogen-bond acceptors (Lipinski definition) is 2. The molecule has 0 spiro atoms. The van der Waals surface area contributed by atoms with Crippen molar-refractivity contribution in [2.75, 3.05) is 7.11 Å². The highest BCUT2D eigenvalue weighted by atomic mass is 79.9. The molecule has 102 valence electrons. The van der Waals surface area contributed by atoms with Crippen molar-refractivity contribution in [3.63, 3.8) is 0 Å². The zero-order valence-electron chi connectivity index (χ0n) is 10.5. The normalized spacial score (nSPS) is 10.9. The van der Waals surface area contributed by atoms with Crippen molar-refractivity contribution in [1.29, 1.82) is 0 Å². The molecule has 6 heteroatoms. The van der Waals surface area contributed by atoms with Crippen LogP contribution < -0.4 is 4.74 Å². The third-order valence-electron chi connectivity index (χ3n) is 3.05. The number of fused-ring (bicyclic) bond motifs is 1. The van der Waals surface area contributed by atoms with Gasteiger partial charge >= 0.3 is 0 Å². The Morgan fingerprint density at radius 1 is 1.30 bits per heavy atom. The smallest absolute Gasteiger partial charge is 0.182 e. The predicted octanol–water partition coefficient (Wildman–Crippen LogP) is 4.60. The maximum atomic E-state index is 13.2. The Morgan fingerprint density at radius 3 is 2.80 bits per heavy atom. The van der Waals surface area contributed by atoms with Gasteiger partial charge in [0.2, 0.25) is 0 Å². The summed E-state index contributed by atoms with van der Waals surface area (Å²) in [6.07, 6.45) is 0. The summed E-state index contributed by atoms with van der Waals surface area (Å²) in [5, 5.41) is 0. The predicted molar refractivity (Wildman–Crippen MR) is 82.7 cm³/mol. The molecule has 0 aliphatic rings. The topological polar surface area (TPSA) is 29.9 Å². The molecule has 0 amide bonds. The molecule has 0 radical (unpaired) electrons. The first-order chi connectivity index (χ1) is 9.61.